The summed E-state index contributed by atoms with van der Waals surface area (Å²) in [5.41, 5.74) is 0. The van der Waals surface area contributed by atoms with E-state index in [4.69, 9.17) is 11.2 Å². The molecule has 0 aromatic heterocycles. The van der Waals surface area contributed by atoms with Gasteiger partial charge in [-0.05, 0) is 24.6 Å². The highest BCUT2D eigenvalue weighted by Crippen LogP contribution is 1.88. The van der Waals surface area contributed by atoms with Crippen LogP contribution in [0.5, 0.6) is 0 Å². The van der Waals surface area contributed by atoms with Crippen LogP contribution in [-0.2, 0) is 20.6 Å². The van der Waals surface area contributed by atoms with Crippen molar-refractivity contribution in [2.45, 2.75) is 6.42 Å². The minimum atomic E-state index is 0.255. The summed E-state index contributed by atoms with van der Waals surface area (Å²) in [6.45, 7) is 0. The Balaban J connectivity index is 2.82. The molecule has 0 radical (unpaired) electrons. The van der Waals surface area contributed by atoms with Gasteiger partial charge in [0.2, 0.25) is 0 Å². The minimum Gasteiger partial charge on any atom is -0.138 e. The van der Waals surface area contributed by atoms with E-state index in [9.17, 15) is 0 Å². The summed E-state index contributed by atoms with van der Waals surface area (Å²) in [5, 5.41) is 0. The third-order valence-electron chi connectivity index (χ3n) is 0.636. The molecule has 0 aromatic rings. The van der Waals surface area contributed by atoms with Gasteiger partial charge < -0.3 is 0 Å². The van der Waals surface area contributed by atoms with Crippen molar-refractivity contribution in [2.75, 3.05) is 18.2 Å². The van der Waals surface area contributed by atoms with E-state index in [2.05, 4.69) is 15.5 Å². The molecule has 2 unspecified atom stereocenters. The van der Waals surface area contributed by atoms with Gasteiger partial charge in [0.05, 0.1) is 0 Å². The van der Waals surface area contributed by atoms with Gasteiger partial charge >= 0.3 is 0 Å². The summed E-state index contributed by atoms with van der Waals surface area (Å²) >= 11 is 4.96. The molecule has 0 aliphatic carbocycles. The monoisotopic (exact) mass is 154 g/mol. The molecule has 7 heavy (non-hydrogen) atoms. The molecule has 0 aromatic carbocycles. The fourth-order valence-corrected chi connectivity index (χ4v) is 1.71. The maximum Gasteiger partial charge on any atom is -0.00204 e. The second-order valence-corrected chi connectivity index (χ2v) is 5.26. The third-order valence-corrected chi connectivity index (χ3v) is 2.41. The molecule has 0 rings (SSSR count). The molecule has 0 bridgehead atoms. The van der Waals surface area contributed by atoms with Crippen molar-refractivity contribution < 1.29 is 0 Å². The Morgan fingerprint density at radius 3 is 2.43 bits per heavy atom. The highest BCUT2D eigenvalue weighted by atomic mass is 32.8. The first kappa shape index (κ1) is 8.00. The Kier molecular flexibility index (Phi) is 5.88. The quantitative estimate of drug-likeness (QED) is 0.546. The standard InChI is InChI=1S/C4H11PS2/c1-7(6)4-2-3-5/h2-5H2,1H3. The lowest BCUT2D eigenvalue weighted by Crippen LogP contribution is -1.91. The molecule has 0 amide bonds. The normalized spacial score (nSPS) is 14.0. The molecule has 2 atom stereocenters. The summed E-state index contributed by atoms with van der Waals surface area (Å²) in [5.74, 6) is 1.22. The molecule has 0 saturated carbocycles. The Morgan fingerprint density at radius 1 is 1.71 bits per heavy atom. The van der Waals surface area contributed by atoms with Crippen molar-refractivity contribution in [3.63, 3.8) is 0 Å². The van der Waals surface area contributed by atoms with Gasteiger partial charge in [-0.1, -0.05) is 11.2 Å². The smallest absolute Gasteiger partial charge is 0.00204 e. The van der Waals surface area contributed by atoms with E-state index < -0.39 is 0 Å². The van der Waals surface area contributed by atoms with Gasteiger partial charge in [0.1, 0.15) is 0 Å². The fraction of sp³-hybridized carbons (Fsp3) is 1.00. The van der Waals surface area contributed by atoms with Crippen molar-refractivity contribution in [3.05, 3.63) is 0 Å². The molecular weight excluding hydrogens is 143 g/mol. The Labute approximate surface area is 54.9 Å². The van der Waals surface area contributed by atoms with Crippen LogP contribution in [0.2, 0.25) is 0 Å². The van der Waals surface area contributed by atoms with Gasteiger partial charge in [-0.3, -0.25) is 0 Å². The van der Waals surface area contributed by atoms with Gasteiger partial charge in [-0.25, -0.2) is 0 Å². The van der Waals surface area contributed by atoms with Crippen LogP contribution >= 0.6 is 9.24 Å². The van der Waals surface area contributed by atoms with Crippen LogP contribution in [0.25, 0.3) is 0 Å². The molecule has 0 fully saturated rings. The number of hydrogen-bond donors (Lipinski definition) is 0. The van der Waals surface area contributed by atoms with Crippen molar-refractivity contribution in [1.82, 2.24) is 0 Å². The van der Waals surface area contributed by atoms with Crippen LogP contribution in [0.4, 0.5) is 0 Å². The molecule has 0 heterocycles. The molecule has 0 saturated heterocycles. The Bertz CT molecular complexity index is 62.7. The van der Waals surface area contributed by atoms with Crippen LogP contribution in [0.15, 0.2) is 0 Å². The maximum atomic E-state index is 4.96. The summed E-state index contributed by atoms with van der Waals surface area (Å²) in [6, 6.07) is 0. The van der Waals surface area contributed by atoms with Gasteiger partial charge in [0, 0.05) is 0 Å². The fourth-order valence-electron chi connectivity index (χ4n) is 0.287. The van der Waals surface area contributed by atoms with Crippen molar-refractivity contribution >= 4 is 29.9 Å². The minimum absolute atomic E-state index is 0.255. The molecular formula is C4H11PS2. The molecule has 0 aliphatic heterocycles. The van der Waals surface area contributed by atoms with E-state index in [1.165, 1.54) is 18.3 Å². The summed E-state index contributed by atoms with van der Waals surface area (Å²) in [4.78, 5) is 0. The van der Waals surface area contributed by atoms with Gasteiger partial charge in [-0.2, -0.15) is 0 Å². The number of rotatable bonds is 3. The average Bonchev–Trinajstić information content (AvgIpc) is 1.61. The third kappa shape index (κ3) is 7.00. The molecule has 0 spiro atoms. The lowest BCUT2D eigenvalue weighted by atomic mass is 10.6. The van der Waals surface area contributed by atoms with E-state index >= 15 is 0 Å². The predicted octanol–water partition coefficient (Wildman–Crippen LogP) is 0.962. The molecule has 44 valence electrons. The van der Waals surface area contributed by atoms with Crippen LogP contribution in [0.3, 0.4) is 0 Å². The highest BCUT2D eigenvalue weighted by Gasteiger charge is 1.81. The van der Waals surface area contributed by atoms with E-state index in [0.717, 1.165) is 0 Å². The highest BCUT2D eigenvalue weighted by molar-refractivity contribution is 8.28. The Hall–Kier alpha value is 1.00. The van der Waals surface area contributed by atoms with Crippen LogP contribution in [0, 0.1) is 0 Å². The topological polar surface area (TPSA) is 0 Å². The molecule has 3 heteroatoms. The average molecular weight is 154 g/mol. The SMILES string of the molecule is CS(=S)CCCP. The summed E-state index contributed by atoms with van der Waals surface area (Å²) < 4.78 is 0. The van der Waals surface area contributed by atoms with Crippen LogP contribution < -0.4 is 0 Å². The Morgan fingerprint density at radius 2 is 2.29 bits per heavy atom. The zero-order valence-electron chi connectivity index (χ0n) is 4.52. The second-order valence-electron chi connectivity index (χ2n) is 1.42. The number of hydrogen-bond acceptors (Lipinski definition) is 1. The molecule has 0 aliphatic rings. The largest absolute Gasteiger partial charge is 0.138 e. The van der Waals surface area contributed by atoms with Crippen LogP contribution in [0.1, 0.15) is 6.42 Å². The molecule has 0 nitrogen and oxygen atoms in total. The maximum absolute atomic E-state index is 4.96. The van der Waals surface area contributed by atoms with Crippen molar-refractivity contribution in [3.8, 4) is 0 Å². The zero-order chi connectivity index (χ0) is 5.70. The zero-order valence-corrected chi connectivity index (χ0v) is 7.30. The first-order valence-corrected chi connectivity index (χ1v) is 5.82. The van der Waals surface area contributed by atoms with Gasteiger partial charge in [0.25, 0.3) is 0 Å². The van der Waals surface area contributed by atoms with Crippen molar-refractivity contribution in [2.24, 2.45) is 0 Å². The molecule has 0 N–H and O–H groups in total. The van der Waals surface area contributed by atoms with E-state index in [-0.39, 0.29) is 9.45 Å². The van der Waals surface area contributed by atoms with Crippen molar-refractivity contribution in [1.29, 1.82) is 0 Å². The van der Waals surface area contributed by atoms with Crippen LogP contribution in [-0.4, -0.2) is 18.2 Å². The predicted molar refractivity (Wildman–Crippen MR) is 44.7 cm³/mol. The lowest BCUT2D eigenvalue weighted by Gasteiger charge is -1.91. The van der Waals surface area contributed by atoms with E-state index in [1.807, 2.05) is 0 Å². The first-order chi connectivity index (χ1) is 3.27. The van der Waals surface area contributed by atoms with E-state index in [1.54, 1.807) is 0 Å². The summed E-state index contributed by atoms with van der Waals surface area (Å²) in [7, 11) is 2.96. The van der Waals surface area contributed by atoms with Gasteiger partial charge in [0.15, 0.2) is 0 Å². The summed E-state index contributed by atoms with van der Waals surface area (Å²) in [6.07, 6.45) is 4.58. The lowest BCUT2D eigenvalue weighted by molar-refractivity contribution is 1.13. The van der Waals surface area contributed by atoms with Gasteiger partial charge in [-0.15, -0.1) is 18.7 Å². The first-order valence-electron chi connectivity index (χ1n) is 2.27. The second kappa shape index (κ2) is 5.14. The van der Waals surface area contributed by atoms with E-state index in [0.29, 0.717) is 0 Å².